The molecule has 0 spiro atoms. The lowest BCUT2D eigenvalue weighted by Crippen LogP contribution is -2.23. The summed E-state index contributed by atoms with van der Waals surface area (Å²) in [5.74, 6) is 2.71. The van der Waals surface area contributed by atoms with Crippen LogP contribution in [0.5, 0.6) is 0 Å². The maximum absolute atomic E-state index is 12.8. The highest BCUT2D eigenvalue weighted by Crippen LogP contribution is 2.32. The summed E-state index contributed by atoms with van der Waals surface area (Å²) in [6, 6.07) is 0. The lowest BCUT2D eigenvalue weighted by molar-refractivity contribution is 0.659. The van der Waals surface area contributed by atoms with E-state index in [9.17, 15) is 4.79 Å². The molecule has 0 unspecified atom stereocenters. The minimum absolute atomic E-state index is 0.0491. The van der Waals surface area contributed by atoms with Gasteiger partial charge in [-0.15, -0.1) is 5.10 Å². The first-order valence-electron chi connectivity index (χ1n) is 8.61. The van der Waals surface area contributed by atoms with Crippen LogP contribution in [0.3, 0.4) is 0 Å². The van der Waals surface area contributed by atoms with Crippen LogP contribution in [0.2, 0.25) is 0 Å². The molecule has 3 heterocycles. The number of aryl methyl sites for hydroxylation is 2. The molecule has 1 aliphatic carbocycles. The quantitative estimate of drug-likeness (QED) is 0.802. The zero-order valence-corrected chi connectivity index (χ0v) is 13.7. The molecular weight excluding hydrogens is 292 g/mol. The van der Waals surface area contributed by atoms with Crippen molar-refractivity contribution in [2.75, 3.05) is 0 Å². The Morgan fingerprint density at radius 1 is 1.22 bits per heavy atom. The van der Waals surface area contributed by atoms with E-state index in [1.54, 1.807) is 9.08 Å². The largest absolute Gasteiger partial charge is 0.336 e. The summed E-state index contributed by atoms with van der Waals surface area (Å²) < 4.78 is 3.49. The first-order valence-corrected chi connectivity index (χ1v) is 8.61. The molecule has 0 aliphatic heterocycles. The second-order valence-corrected chi connectivity index (χ2v) is 6.36. The number of imidazole rings is 1. The molecular formula is C16H22N6O. The fourth-order valence-corrected chi connectivity index (χ4v) is 3.53. The standard InChI is InChI=1S/C16H22N6O/c1-3-9-21-15(23)12-14(18-11(4-2)17-12)22-16(21)19-13(20-22)10-7-5-6-8-10/h10H,3-9H2,1-2H3,(H,17,18). The van der Waals surface area contributed by atoms with E-state index in [0.717, 1.165) is 37.3 Å². The number of fused-ring (bicyclic) bond motifs is 3. The monoisotopic (exact) mass is 314 g/mol. The fraction of sp³-hybridized carbons (Fsp3) is 0.625. The third kappa shape index (κ3) is 2.17. The maximum atomic E-state index is 12.8. The van der Waals surface area contributed by atoms with Crippen LogP contribution in [0.15, 0.2) is 4.79 Å². The molecule has 122 valence electrons. The zero-order chi connectivity index (χ0) is 16.0. The van der Waals surface area contributed by atoms with Crippen molar-refractivity contribution in [2.24, 2.45) is 0 Å². The molecule has 3 aromatic heterocycles. The van der Waals surface area contributed by atoms with E-state index in [1.165, 1.54) is 12.8 Å². The molecule has 1 aliphatic rings. The minimum Gasteiger partial charge on any atom is -0.336 e. The van der Waals surface area contributed by atoms with Gasteiger partial charge in [0.15, 0.2) is 17.0 Å². The average Bonchev–Trinajstić information content (AvgIpc) is 3.28. The molecule has 7 heteroatoms. The summed E-state index contributed by atoms with van der Waals surface area (Å²) in [5.41, 5.74) is 1.09. The third-order valence-electron chi connectivity index (χ3n) is 4.74. The Bertz CT molecular complexity index is 912. The number of aromatic nitrogens is 6. The first kappa shape index (κ1) is 14.4. The van der Waals surface area contributed by atoms with Crippen LogP contribution in [0.25, 0.3) is 16.9 Å². The van der Waals surface area contributed by atoms with Gasteiger partial charge >= 0.3 is 0 Å². The number of nitrogens with one attached hydrogen (secondary N) is 1. The van der Waals surface area contributed by atoms with E-state index in [0.29, 0.717) is 29.4 Å². The third-order valence-corrected chi connectivity index (χ3v) is 4.74. The highest BCUT2D eigenvalue weighted by atomic mass is 16.1. The van der Waals surface area contributed by atoms with Crippen molar-refractivity contribution in [1.29, 1.82) is 0 Å². The number of rotatable bonds is 4. The van der Waals surface area contributed by atoms with Crippen LogP contribution in [0, 0.1) is 0 Å². The number of nitrogens with zero attached hydrogens (tertiary/aromatic N) is 5. The summed E-state index contributed by atoms with van der Waals surface area (Å²) in [5, 5.41) is 4.72. The molecule has 0 atom stereocenters. The Kier molecular flexibility index (Phi) is 3.43. The molecule has 1 N–H and O–H groups in total. The first-order chi connectivity index (χ1) is 11.2. The van der Waals surface area contributed by atoms with Gasteiger partial charge in [-0.1, -0.05) is 26.7 Å². The number of hydrogen-bond acceptors (Lipinski definition) is 4. The van der Waals surface area contributed by atoms with Crippen molar-refractivity contribution in [1.82, 2.24) is 29.1 Å². The van der Waals surface area contributed by atoms with Crippen LogP contribution in [-0.4, -0.2) is 29.1 Å². The van der Waals surface area contributed by atoms with Crippen LogP contribution < -0.4 is 5.56 Å². The van der Waals surface area contributed by atoms with E-state index in [4.69, 9.17) is 10.1 Å². The lowest BCUT2D eigenvalue weighted by atomic mass is 10.1. The van der Waals surface area contributed by atoms with Crippen LogP contribution in [0.1, 0.15) is 63.5 Å². The molecule has 0 bridgehead atoms. The van der Waals surface area contributed by atoms with Gasteiger partial charge < -0.3 is 4.98 Å². The minimum atomic E-state index is -0.0491. The summed E-state index contributed by atoms with van der Waals surface area (Å²) in [4.78, 5) is 25.2. The van der Waals surface area contributed by atoms with Crippen molar-refractivity contribution < 1.29 is 0 Å². The Labute approximate surface area is 133 Å². The molecule has 3 aromatic rings. The Hall–Kier alpha value is -2.18. The molecule has 7 nitrogen and oxygen atoms in total. The smallest absolute Gasteiger partial charge is 0.281 e. The fourth-order valence-electron chi connectivity index (χ4n) is 3.53. The van der Waals surface area contributed by atoms with E-state index in [1.807, 2.05) is 6.92 Å². The predicted molar refractivity (Wildman–Crippen MR) is 87.8 cm³/mol. The second-order valence-electron chi connectivity index (χ2n) is 6.36. The van der Waals surface area contributed by atoms with Gasteiger partial charge in [0.1, 0.15) is 5.82 Å². The highest BCUT2D eigenvalue weighted by Gasteiger charge is 2.24. The van der Waals surface area contributed by atoms with Gasteiger partial charge in [0.25, 0.3) is 5.56 Å². The topological polar surface area (TPSA) is 80.9 Å². The number of aromatic amines is 1. The molecule has 0 amide bonds. The Morgan fingerprint density at radius 2 is 2.00 bits per heavy atom. The molecule has 1 fully saturated rings. The number of hydrogen-bond donors (Lipinski definition) is 1. The van der Waals surface area contributed by atoms with Crippen molar-refractivity contribution in [2.45, 2.75) is 64.8 Å². The van der Waals surface area contributed by atoms with E-state index < -0.39 is 0 Å². The molecule has 4 rings (SSSR count). The predicted octanol–water partition coefficient (Wildman–Crippen LogP) is 2.40. The van der Waals surface area contributed by atoms with Gasteiger partial charge in [-0.3, -0.25) is 9.36 Å². The van der Waals surface area contributed by atoms with Gasteiger partial charge in [0.05, 0.1) is 0 Å². The summed E-state index contributed by atoms with van der Waals surface area (Å²) in [6.07, 6.45) is 6.38. The van der Waals surface area contributed by atoms with Crippen LogP contribution in [-0.2, 0) is 13.0 Å². The summed E-state index contributed by atoms with van der Waals surface area (Å²) >= 11 is 0. The SMILES string of the molecule is CCCn1c(=O)c2[nH]c(CC)nc2n2nc(C3CCCC3)nc12. The van der Waals surface area contributed by atoms with Crippen molar-refractivity contribution in [3.63, 3.8) is 0 Å². The van der Waals surface area contributed by atoms with Gasteiger partial charge in [0.2, 0.25) is 5.78 Å². The van der Waals surface area contributed by atoms with E-state index in [-0.39, 0.29) is 5.56 Å². The molecule has 1 saturated carbocycles. The van der Waals surface area contributed by atoms with Crippen LogP contribution in [0.4, 0.5) is 0 Å². The normalized spacial score (nSPS) is 16.1. The van der Waals surface area contributed by atoms with Gasteiger partial charge in [0, 0.05) is 18.9 Å². The second kappa shape index (κ2) is 5.47. The molecule has 0 radical (unpaired) electrons. The van der Waals surface area contributed by atoms with E-state index in [2.05, 4.69) is 16.9 Å². The van der Waals surface area contributed by atoms with Gasteiger partial charge in [-0.25, -0.2) is 4.98 Å². The summed E-state index contributed by atoms with van der Waals surface area (Å²) in [6.45, 7) is 4.72. The van der Waals surface area contributed by atoms with E-state index >= 15 is 0 Å². The van der Waals surface area contributed by atoms with Crippen molar-refractivity contribution in [3.05, 3.63) is 22.0 Å². The van der Waals surface area contributed by atoms with Gasteiger partial charge in [-0.2, -0.15) is 9.50 Å². The zero-order valence-electron chi connectivity index (χ0n) is 13.7. The van der Waals surface area contributed by atoms with Crippen molar-refractivity contribution in [3.8, 4) is 0 Å². The van der Waals surface area contributed by atoms with Gasteiger partial charge in [-0.05, 0) is 19.3 Å². The Morgan fingerprint density at radius 3 is 2.70 bits per heavy atom. The molecule has 23 heavy (non-hydrogen) atoms. The average molecular weight is 314 g/mol. The van der Waals surface area contributed by atoms with Crippen LogP contribution >= 0.6 is 0 Å². The van der Waals surface area contributed by atoms with Crippen molar-refractivity contribution >= 4 is 16.9 Å². The molecule has 0 saturated heterocycles. The summed E-state index contributed by atoms with van der Waals surface area (Å²) in [7, 11) is 0. The highest BCUT2D eigenvalue weighted by molar-refractivity contribution is 5.72. The molecule has 0 aromatic carbocycles. The maximum Gasteiger partial charge on any atom is 0.281 e. The lowest BCUT2D eigenvalue weighted by Gasteiger charge is -2.04. The Balaban J connectivity index is 2.02. The number of H-pyrrole nitrogens is 1.